The molecule has 0 bridgehead atoms. The SMILES string of the molecule is CC(C)CNCCNCC1CCOc2ccccc21. The van der Waals surface area contributed by atoms with E-state index >= 15 is 0 Å². The van der Waals surface area contributed by atoms with Crippen molar-refractivity contribution in [2.45, 2.75) is 26.2 Å². The topological polar surface area (TPSA) is 33.3 Å². The molecule has 0 spiro atoms. The Morgan fingerprint density at radius 2 is 2.00 bits per heavy atom. The van der Waals surface area contributed by atoms with Crippen LogP contribution in [0.2, 0.25) is 0 Å². The molecular formula is C16H26N2O. The molecule has 1 heterocycles. The van der Waals surface area contributed by atoms with E-state index in [1.165, 1.54) is 5.56 Å². The molecule has 0 saturated heterocycles. The Labute approximate surface area is 116 Å². The minimum Gasteiger partial charge on any atom is -0.493 e. The summed E-state index contributed by atoms with van der Waals surface area (Å²) in [5.41, 5.74) is 1.36. The van der Waals surface area contributed by atoms with Crippen LogP contribution in [0.5, 0.6) is 5.75 Å². The van der Waals surface area contributed by atoms with Crippen molar-refractivity contribution in [3.8, 4) is 5.75 Å². The van der Waals surface area contributed by atoms with Crippen LogP contribution in [0.1, 0.15) is 31.7 Å². The molecule has 3 nitrogen and oxygen atoms in total. The molecule has 1 aromatic carbocycles. The number of hydrogen-bond donors (Lipinski definition) is 2. The molecule has 2 N–H and O–H groups in total. The van der Waals surface area contributed by atoms with Gasteiger partial charge >= 0.3 is 0 Å². The summed E-state index contributed by atoms with van der Waals surface area (Å²) in [7, 11) is 0. The van der Waals surface area contributed by atoms with E-state index < -0.39 is 0 Å². The second-order valence-corrected chi connectivity index (χ2v) is 5.67. The molecule has 1 aliphatic heterocycles. The normalized spacial score (nSPS) is 18.2. The number of nitrogens with one attached hydrogen (secondary N) is 2. The molecule has 0 radical (unpaired) electrons. The van der Waals surface area contributed by atoms with Crippen molar-refractivity contribution in [3.05, 3.63) is 29.8 Å². The van der Waals surface area contributed by atoms with Crippen LogP contribution in [0.25, 0.3) is 0 Å². The first-order valence-electron chi connectivity index (χ1n) is 7.40. The number of fused-ring (bicyclic) bond motifs is 1. The summed E-state index contributed by atoms with van der Waals surface area (Å²) in [4.78, 5) is 0. The van der Waals surface area contributed by atoms with Gasteiger partial charge in [-0.05, 0) is 30.5 Å². The van der Waals surface area contributed by atoms with Crippen molar-refractivity contribution in [1.29, 1.82) is 0 Å². The van der Waals surface area contributed by atoms with Crippen LogP contribution < -0.4 is 15.4 Å². The molecule has 3 heteroatoms. The highest BCUT2D eigenvalue weighted by atomic mass is 16.5. The van der Waals surface area contributed by atoms with Gasteiger partial charge in [-0.3, -0.25) is 0 Å². The van der Waals surface area contributed by atoms with Gasteiger partial charge in [0.25, 0.3) is 0 Å². The molecule has 1 atom stereocenters. The van der Waals surface area contributed by atoms with Crippen LogP contribution in [0.15, 0.2) is 24.3 Å². The van der Waals surface area contributed by atoms with Gasteiger partial charge in [-0.15, -0.1) is 0 Å². The fraction of sp³-hybridized carbons (Fsp3) is 0.625. The van der Waals surface area contributed by atoms with Gasteiger partial charge in [0.05, 0.1) is 6.61 Å². The smallest absolute Gasteiger partial charge is 0.122 e. The van der Waals surface area contributed by atoms with Gasteiger partial charge in [0.2, 0.25) is 0 Å². The number of para-hydroxylation sites is 1. The van der Waals surface area contributed by atoms with E-state index in [0.717, 1.165) is 50.9 Å². The summed E-state index contributed by atoms with van der Waals surface area (Å²) < 4.78 is 5.68. The van der Waals surface area contributed by atoms with Gasteiger partial charge in [-0.1, -0.05) is 32.0 Å². The Hall–Kier alpha value is -1.06. The predicted octanol–water partition coefficient (Wildman–Crippen LogP) is 2.39. The van der Waals surface area contributed by atoms with E-state index in [9.17, 15) is 0 Å². The second-order valence-electron chi connectivity index (χ2n) is 5.67. The molecule has 1 aliphatic rings. The van der Waals surface area contributed by atoms with E-state index in [-0.39, 0.29) is 0 Å². The summed E-state index contributed by atoms with van der Waals surface area (Å²) in [5.74, 6) is 2.39. The average Bonchev–Trinajstić information content (AvgIpc) is 2.42. The Morgan fingerprint density at radius 1 is 1.21 bits per heavy atom. The third-order valence-corrected chi connectivity index (χ3v) is 3.50. The van der Waals surface area contributed by atoms with Gasteiger partial charge in [0.15, 0.2) is 0 Å². The van der Waals surface area contributed by atoms with Crippen LogP contribution in [-0.4, -0.2) is 32.8 Å². The third-order valence-electron chi connectivity index (χ3n) is 3.50. The summed E-state index contributed by atoms with van der Waals surface area (Å²) in [6.07, 6.45) is 1.11. The lowest BCUT2D eigenvalue weighted by Crippen LogP contribution is -2.33. The van der Waals surface area contributed by atoms with Crippen molar-refractivity contribution < 1.29 is 4.74 Å². The number of ether oxygens (including phenoxy) is 1. The largest absolute Gasteiger partial charge is 0.493 e. The van der Waals surface area contributed by atoms with Gasteiger partial charge in [0, 0.05) is 25.6 Å². The predicted molar refractivity (Wildman–Crippen MR) is 79.9 cm³/mol. The van der Waals surface area contributed by atoms with Crippen LogP contribution in [-0.2, 0) is 0 Å². The first-order chi connectivity index (χ1) is 9.27. The van der Waals surface area contributed by atoms with E-state index in [1.807, 2.05) is 6.07 Å². The average molecular weight is 262 g/mol. The maximum absolute atomic E-state index is 5.68. The monoisotopic (exact) mass is 262 g/mol. The summed E-state index contributed by atoms with van der Waals surface area (Å²) in [6, 6.07) is 8.42. The van der Waals surface area contributed by atoms with Crippen molar-refractivity contribution in [2.24, 2.45) is 5.92 Å². The zero-order valence-electron chi connectivity index (χ0n) is 12.1. The second kappa shape index (κ2) is 7.51. The first-order valence-corrected chi connectivity index (χ1v) is 7.40. The van der Waals surface area contributed by atoms with Gasteiger partial charge < -0.3 is 15.4 Å². The Kier molecular flexibility index (Phi) is 5.67. The highest BCUT2D eigenvalue weighted by Crippen LogP contribution is 2.32. The van der Waals surface area contributed by atoms with Crippen LogP contribution in [0.3, 0.4) is 0 Å². The van der Waals surface area contributed by atoms with Crippen molar-refractivity contribution in [1.82, 2.24) is 10.6 Å². The van der Waals surface area contributed by atoms with E-state index in [0.29, 0.717) is 5.92 Å². The highest BCUT2D eigenvalue weighted by molar-refractivity contribution is 5.37. The maximum Gasteiger partial charge on any atom is 0.122 e. The molecule has 1 aromatic rings. The molecule has 2 rings (SSSR count). The van der Waals surface area contributed by atoms with Gasteiger partial charge in [-0.2, -0.15) is 0 Å². The molecule has 19 heavy (non-hydrogen) atoms. The fourth-order valence-electron chi connectivity index (χ4n) is 2.47. The van der Waals surface area contributed by atoms with Gasteiger partial charge in [-0.25, -0.2) is 0 Å². The van der Waals surface area contributed by atoms with Gasteiger partial charge in [0.1, 0.15) is 5.75 Å². The molecule has 0 fully saturated rings. The zero-order valence-corrected chi connectivity index (χ0v) is 12.1. The minimum absolute atomic E-state index is 0.593. The Morgan fingerprint density at radius 3 is 2.84 bits per heavy atom. The van der Waals surface area contributed by atoms with Crippen LogP contribution >= 0.6 is 0 Å². The molecule has 0 saturated carbocycles. The summed E-state index contributed by atoms with van der Waals surface area (Å²) in [5, 5.41) is 7.01. The Bertz CT molecular complexity index is 379. The third kappa shape index (κ3) is 4.51. The van der Waals surface area contributed by atoms with Crippen LogP contribution in [0, 0.1) is 5.92 Å². The van der Waals surface area contributed by atoms with Crippen LogP contribution in [0.4, 0.5) is 0 Å². The number of benzene rings is 1. The molecule has 0 aliphatic carbocycles. The van der Waals surface area contributed by atoms with Crippen molar-refractivity contribution >= 4 is 0 Å². The van der Waals surface area contributed by atoms with E-state index in [2.05, 4.69) is 42.7 Å². The molecule has 0 amide bonds. The number of rotatable bonds is 7. The lowest BCUT2D eigenvalue weighted by molar-refractivity contribution is 0.264. The number of hydrogen-bond acceptors (Lipinski definition) is 3. The molecule has 0 aromatic heterocycles. The zero-order chi connectivity index (χ0) is 13.5. The fourth-order valence-corrected chi connectivity index (χ4v) is 2.47. The quantitative estimate of drug-likeness (QED) is 0.740. The molecule has 106 valence electrons. The molecular weight excluding hydrogens is 236 g/mol. The van der Waals surface area contributed by atoms with Crippen molar-refractivity contribution in [2.75, 3.05) is 32.8 Å². The molecule has 1 unspecified atom stereocenters. The maximum atomic E-state index is 5.68. The summed E-state index contributed by atoms with van der Waals surface area (Å²) >= 11 is 0. The lowest BCUT2D eigenvalue weighted by Gasteiger charge is -2.26. The van der Waals surface area contributed by atoms with E-state index in [1.54, 1.807) is 0 Å². The van der Waals surface area contributed by atoms with Crippen molar-refractivity contribution in [3.63, 3.8) is 0 Å². The summed E-state index contributed by atoms with van der Waals surface area (Å²) in [6.45, 7) is 9.54. The first kappa shape index (κ1) is 14.4. The standard InChI is InChI=1S/C16H26N2O/c1-13(2)11-17-8-9-18-12-14-7-10-19-16-6-4-3-5-15(14)16/h3-6,13-14,17-18H,7-12H2,1-2H3. The Balaban J connectivity index is 1.70. The highest BCUT2D eigenvalue weighted by Gasteiger charge is 2.20. The minimum atomic E-state index is 0.593. The lowest BCUT2D eigenvalue weighted by atomic mass is 9.93. The van der Waals surface area contributed by atoms with E-state index in [4.69, 9.17) is 4.74 Å².